The first-order valence-electron chi connectivity index (χ1n) is 3.41. The SMILES string of the molecule is COC(=O)C(N)c1cc(C)on1. The smallest absolute Gasteiger partial charge is 0.329 e. The minimum atomic E-state index is -0.854. The highest BCUT2D eigenvalue weighted by atomic mass is 16.5. The van der Waals surface area contributed by atoms with E-state index in [1.165, 1.54) is 7.11 Å². The van der Waals surface area contributed by atoms with Gasteiger partial charge in [-0.3, -0.25) is 0 Å². The van der Waals surface area contributed by atoms with Gasteiger partial charge in [-0.25, -0.2) is 4.79 Å². The molecule has 0 spiro atoms. The first-order chi connectivity index (χ1) is 5.65. The van der Waals surface area contributed by atoms with E-state index in [0.29, 0.717) is 11.5 Å². The summed E-state index contributed by atoms with van der Waals surface area (Å²) >= 11 is 0. The number of nitrogens with two attached hydrogens (primary N) is 1. The van der Waals surface area contributed by atoms with Crippen molar-refractivity contribution in [1.29, 1.82) is 0 Å². The number of hydrogen-bond donors (Lipinski definition) is 1. The summed E-state index contributed by atoms with van der Waals surface area (Å²) in [5.41, 5.74) is 5.85. The van der Waals surface area contributed by atoms with Crippen molar-refractivity contribution in [2.45, 2.75) is 13.0 Å². The molecule has 1 heterocycles. The summed E-state index contributed by atoms with van der Waals surface area (Å²) in [6.07, 6.45) is 0. The van der Waals surface area contributed by atoms with Crippen LogP contribution in [0.3, 0.4) is 0 Å². The van der Waals surface area contributed by atoms with Crippen LogP contribution in [-0.2, 0) is 9.53 Å². The molecular formula is C7H10N2O3. The fourth-order valence-electron chi connectivity index (χ4n) is 0.780. The predicted octanol–water partition coefficient (Wildman–Crippen LogP) is 0.156. The van der Waals surface area contributed by atoms with Gasteiger partial charge in [0.1, 0.15) is 17.5 Å². The molecule has 1 aromatic rings. The summed E-state index contributed by atoms with van der Waals surface area (Å²) in [6, 6.07) is 0.745. The van der Waals surface area contributed by atoms with Gasteiger partial charge < -0.3 is 15.0 Å². The Labute approximate surface area is 69.5 Å². The zero-order valence-corrected chi connectivity index (χ0v) is 6.90. The molecule has 0 saturated carbocycles. The molecule has 5 heteroatoms. The molecule has 1 atom stereocenters. The van der Waals surface area contributed by atoms with Gasteiger partial charge in [0.15, 0.2) is 0 Å². The fraction of sp³-hybridized carbons (Fsp3) is 0.429. The number of aryl methyl sites for hydroxylation is 1. The van der Waals surface area contributed by atoms with Crippen LogP contribution < -0.4 is 5.73 Å². The molecule has 5 nitrogen and oxygen atoms in total. The molecule has 66 valence electrons. The molecule has 12 heavy (non-hydrogen) atoms. The number of ether oxygens (including phenoxy) is 1. The lowest BCUT2D eigenvalue weighted by Gasteiger charge is -2.03. The highest BCUT2D eigenvalue weighted by Gasteiger charge is 2.19. The Kier molecular flexibility index (Phi) is 2.44. The van der Waals surface area contributed by atoms with Crippen LogP contribution in [0.2, 0.25) is 0 Å². The lowest BCUT2D eigenvalue weighted by Crippen LogP contribution is -2.22. The first-order valence-corrected chi connectivity index (χ1v) is 3.41. The summed E-state index contributed by atoms with van der Waals surface area (Å²) in [7, 11) is 1.27. The molecule has 2 N–H and O–H groups in total. The molecule has 0 aliphatic carbocycles. The van der Waals surface area contributed by atoms with Gasteiger partial charge >= 0.3 is 5.97 Å². The van der Waals surface area contributed by atoms with Crippen molar-refractivity contribution >= 4 is 5.97 Å². The number of nitrogens with zero attached hydrogens (tertiary/aromatic N) is 1. The van der Waals surface area contributed by atoms with Crippen LogP contribution in [0.4, 0.5) is 0 Å². The second-order valence-electron chi connectivity index (χ2n) is 2.36. The van der Waals surface area contributed by atoms with Gasteiger partial charge in [-0.2, -0.15) is 0 Å². The van der Waals surface area contributed by atoms with E-state index in [9.17, 15) is 4.79 Å². The number of methoxy groups -OCH3 is 1. The monoisotopic (exact) mass is 170 g/mol. The lowest BCUT2D eigenvalue weighted by molar-refractivity contribution is -0.142. The molecule has 1 unspecified atom stereocenters. The zero-order valence-electron chi connectivity index (χ0n) is 6.90. The average molecular weight is 170 g/mol. The normalized spacial score (nSPS) is 12.6. The molecule has 0 aromatic carbocycles. The number of aromatic nitrogens is 1. The average Bonchev–Trinajstić information content (AvgIpc) is 2.49. The fourth-order valence-corrected chi connectivity index (χ4v) is 0.780. The quantitative estimate of drug-likeness (QED) is 0.639. The van der Waals surface area contributed by atoms with Crippen molar-refractivity contribution in [3.8, 4) is 0 Å². The number of rotatable bonds is 2. The molecule has 0 radical (unpaired) electrons. The van der Waals surface area contributed by atoms with Gasteiger partial charge in [-0.1, -0.05) is 5.16 Å². The van der Waals surface area contributed by atoms with E-state index >= 15 is 0 Å². The van der Waals surface area contributed by atoms with Gasteiger partial charge in [0, 0.05) is 6.07 Å². The van der Waals surface area contributed by atoms with Crippen molar-refractivity contribution in [1.82, 2.24) is 5.16 Å². The molecule has 1 aromatic heterocycles. The largest absolute Gasteiger partial charge is 0.468 e. The van der Waals surface area contributed by atoms with E-state index in [0.717, 1.165) is 0 Å². The minimum Gasteiger partial charge on any atom is -0.468 e. The summed E-state index contributed by atoms with van der Waals surface area (Å²) in [4.78, 5) is 10.9. The summed E-state index contributed by atoms with van der Waals surface area (Å²) in [5, 5.41) is 3.58. The van der Waals surface area contributed by atoms with Crippen LogP contribution in [-0.4, -0.2) is 18.2 Å². The Morgan fingerprint density at radius 2 is 2.50 bits per heavy atom. The van der Waals surface area contributed by atoms with E-state index in [-0.39, 0.29) is 0 Å². The van der Waals surface area contributed by atoms with Crippen LogP contribution in [0.25, 0.3) is 0 Å². The minimum absolute atomic E-state index is 0.388. The molecule has 0 amide bonds. The molecule has 0 aliphatic heterocycles. The molecular weight excluding hydrogens is 160 g/mol. The van der Waals surface area contributed by atoms with E-state index in [4.69, 9.17) is 10.3 Å². The van der Waals surface area contributed by atoms with Gasteiger partial charge in [0.05, 0.1) is 7.11 Å². The summed E-state index contributed by atoms with van der Waals surface area (Å²) in [5.74, 6) is 0.0904. The van der Waals surface area contributed by atoms with E-state index in [1.54, 1.807) is 13.0 Å². The third-order valence-corrected chi connectivity index (χ3v) is 1.42. The highest BCUT2D eigenvalue weighted by Crippen LogP contribution is 2.10. The second-order valence-corrected chi connectivity index (χ2v) is 2.36. The summed E-state index contributed by atoms with van der Waals surface area (Å²) in [6.45, 7) is 1.72. The van der Waals surface area contributed by atoms with Crippen molar-refractivity contribution in [2.24, 2.45) is 5.73 Å². The highest BCUT2D eigenvalue weighted by molar-refractivity contribution is 5.76. The second kappa shape index (κ2) is 3.36. The molecule has 0 saturated heterocycles. The Hall–Kier alpha value is -1.36. The molecule has 0 bridgehead atoms. The third-order valence-electron chi connectivity index (χ3n) is 1.42. The maximum absolute atomic E-state index is 10.9. The predicted molar refractivity (Wildman–Crippen MR) is 40.2 cm³/mol. The number of carbonyl (C=O) groups excluding carboxylic acids is 1. The molecule has 0 aliphatic rings. The van der Waals surface area contributed by atoms with E-state index in [1.807, 2.05) is 0 Å². The van der Waals surface area contributed by atoms with Crippen molar-refractivity contribution < 1.29 is 14.1 Å². The topological polar surface area (TPSA) is 78.4 Å². The number of carbonyl (C=O) groups is 1. The summed E-state index contributed by atoms with van der Waals surface area (Å²) < 4.78 is 9.17. The van der Waals surface area contributed by atoms with E-state index in [2.05, 4.69) is 9.89 Å². The van der Waals surface area contributed by atoms with Crippen LogP contribution in [0.5, 0.6) is 0 Å². The van der Waals surface area contributed by atoms with Gasteiger partial charge in [-0.15, -0.1) is 0 Å². The Morgan fingerprint density at radius 3 is 2.92 bits per heavy atom. The standard InChI is InChI=1S/C7H10N2O3/c1-4-3-5(9-12-4)6(8)7(10)11-2/h3,6H,8H2,1-2H3. The lowest BCUT2D eigenvalue weighted by atomic mass is 10.2. The van der Waals surface area contributed by atoms with Crippen molar-refractivity contribution in [3.63, 3.8) is 0 Å². The Balaban J connectivity index is 2.77. The number of hydrogen-bond acceptors (Lipinski definition) is 5. The van der Waals surface area contributed by atoms with Crippen molar-refractivity contribution in [3.05, 3.63) is 17.5 Å². The zero-order chi connectivity index (χ0) is 9.14. The van der Waals surface area contributed by atoms with Gasteiger partial charge in [0.2, 0.25) is 0 Å². The van der Waals surface area contributed by atoms with Gasteiger partial charge in [-0.05, 0) is 6.92 Å². The molecule has 0 fully saturated rings. The van der Waals surface area contributed by atoms with Crippen LogP contribution >= 0.6 is 0 Å². The Morgan fingerprint density at radius 1 is 1.83 bits per heavy atom. The Bertz CT molecular complexity index is 282. The maximum atomic E-state index is 10.9. The number of esters is 1. The van der Waals surface area contributed by atoms with Crippen LogP contribution in [0, 0.1) is 6.92 Å². The third kappa shape index (κ3) is 1.62. The van der Waals surface area contributed by atoms with Gasteiger partial charge in [0.25, 0.3) is 0 Å². The molecule has 1 rings (SSSR count). The van der Waals surface area contributed by atoms with Crippen LogP contribution in [0.1, 0.15) is 17.5 Å². The van der Waals surface area contributed by atoms with Crippen molar-refractivity contribution in [2.75, 3.05) is 7.11 Å². The first kappa shape index (κ1) is 8.73. The van der Waals surface area contributed by atoms with E-state index < -0.39 is 12.0 Å². The maximum Gasteiger partial charge on any atom is 0.329 e. The van der Waals surface area contributed by atoms with Crippen LogP contribution in [0.15, 0.2) is 10.6 Å².